The first kappa shape index (κ1) is 15.4. The molecule has 1 unspecified atom stereocenters. The van der Waals surface area contributed by atoms with E-state index in [1.165, 1.54) is 19.9 Å². The lowest BCUT2D eigenvalue weighted by Gasteiger charge is -2.37. The Bertz CT molecular complexity index is 552. The molecular formula is C15H19FN2O3. The average molecular weight is 294 g/mol. The molecule has 1 aliphatic heterocycles. The van der Waals surface area contributed by atoms with Crippen LogP contribution in [0, 0.1) is 5.82 Å². The summed E-state index contributed by atoms with van der Waals surface area (Å²) in [7, 11) is 0. The van der Waals surface area contributed by atoms with Crippen molar-refractivity contribution in [3.05, 3.63) is 29.6 Å². The van der Waals surface area contributed by atoms with Crippen molar-refractivity contribution in [1.29, 1.82) is 0 Å². The number of ketones is 1. The Balaban J connectivity index is 2.15. The predicted molar refractivity (Wildman–Crippen MR) is 76.9 cm³/mol. The Morgan fingerprint density at radius 1 is 1.24 bits per heavy atom. The SMILES string of the molecule is CC(=O)c1c(F)cccc1N1CCN(C(=O)C(C)O)CC1. The van der Waals surface area contributed by atoms with E-state index in [2.05, 4.69) is 0 Å². The van der Waals surface area contributed by atoms with Crippen molar-refractivity contribution in [3.63, 3.8) is 0 Å². The molecule has 0 bridgehead atoms. The topological polar surface area (TPSA) is 60.9 Å². The van der Waals surface area contributed by atoms with Gasteiger partial charge in [0.05, 0.1) is 11.3 Å². The number of hydrogen-bond donors (Lipinski definition) is 1. The highest BCUT2D eigenvalue weighted by Gasteiger charge is 2.26. The van der Waals surface area contributed by atoms with E-state index in [1.54, 1.807) is 17.0 Å². The summed E-state index contributed by atoms with van der Waals surface area (Å²) < 4.78 is 13.8. The van der Waals surface area contributed by atoms with Crippen LogP contribution in [-0.2, 0) is 4.79 Å². The number of anilines is 1. The largest absolute Gasteiger partial charge is 0.384 e. The molecule has 114 valence electrons. The van der Waals surface area contributed by atoms with Gasteiger partial charge >= 0.3 is 0 Å². The number of halogens is 1. The molecule has 0 radical (unpaired) electrons. The zero-order valence-electron chi connectivity index (χ0n) is 12.2. The number of piperazine rings is 1. The molecule has 21 heavy (non-hydrogen) atoms. The number of aliphatic hydroxyl groups excluding tert-OH is 1. The van der Waals surface area contributed by atoms with Gasteiger partial charge in [-0.3, -0.25) is 9.59 Å². The normalized spacial score (nSPS) is 16.8. The number of Topliss-reactive ketones (excluding diaryl/α,β-unsaturated/α-hetero) is 1. The van der Waals surface area contributed by atoms with Crippen molar-refractivity contribution < 1.29 is 19.1 Å². The van der Waals surface area contributed by atoms with Crippen molar-refractivity contribution in [1.82, 2.24) is 4.90 Å². The third-order valence-corrected chi connectivity index (χ3v) is 3.63. The Labute approximate surface area is 123 Å². The lowest BCUT2D eigenvalue weighted by Crippen LogP contribution is -2.51. The summed E-state index contributed by atoms with van der Waals surface area (Å²) in [4.78, 5) is 26.8. The van der Waals surface area contributed by atoms with Gasteiger partial charge in [-0.25, -0.2) is 4.39 Å². The van der Waals surface area contributed by atoms with E-state index < -0.39 is 11.9 Å². The van der Waals surface area contributed by atoms with Crippen LogP contribution in [0.2, 0.25) is 0 Å². The van der Waals surface area contributed by atoms with Crippen LogP contribution in [0.25, 0.3) is 0 Å². The number of amides is 1. The van der Waals surface area contributed by atoms with Gasteiger partial charge in [0.1, 0.15) is 11.9 Å². The molecule has 1 aliphatic rings. The third kappa shape index (κ3) is 3.21. The number of nitrogens with zero attached hydrogens (tertiary/aromatic N) is 2. The van der Waals surface area contributed by atoms with Gasteiger partial charge in [-0.15, -0.1) is 0 Å². The molecule has 0 spiro atoms. The average Bonchev–Trinajstić information content (AvgIpc) is 2.46. The van der Waals surface area contributed by atoms with Crippen LogP contribution in [0.4, 0.5) is 10.1 Å². The molecule has 5 nitrogen and oxygen atoms in total. The van der Waals surface area contributed by atoms with E-state index in [0.29, 0.717) is 31.9 Å². The highest BCUT2D eigenvalue weighted by Crippen LogP contribution is 2.25. The van der Waals surface area contributed by atoms with Gasteiger partial charge in [-0.1, -0.05) is 6.07 Å². The van der Waals surface area contributed by atoms with Gasteiger partial charge in [0, 0.05) is 26.2 Å². The van der Waals surface area contributed by atoms with Crippen molar-refractivity contribution >= 4 is 17.4 Å². The van der Waals surface area contributed by atoms with Crippen molar-refractivity contribution in [2.24, 2.45) is 0 Å². The summed E-state index contributed by atoms with van der Waals surface area (Å²) >= 11 is 0. The summed E-state index contributed by atoms with van der Waals surface area (Å²) in [6, 6.07) is 4.56. The quantitative estimate of drug-likeness (QED) is 0.847. The summed E-state index contributed by atoms with van der Waals surface area (Å²) in [6.07, 6.45) is -1.02. The maximum absolute atomic E-state index is 13.8. The van der Waals surface area contributed by atoms with Gasteiger partial charge in [-0.2, -0.15) is 0 Å². The molecule has 0 aromatic heterocycles. The molecule has 1 amide bonds. The number of carbonyl (C=O) groups excluding carboxylic acids is 2. The van der Waals surface area contributed by atoms with E-state index in [1.807, 2.05) is 4.90 Å². The van der Waals surface area contributed by atoms with Gasteiger partial charge in [-0.05, 0) is 26.0 Å². The maximum Gasteiger partial charge on any atom is 0.251 e. The molecule has 1 aromatic rings. The van der Waals surface area contributed by atoms with Gasteiger partial charge in [0.2, 0.25) is 0 Å². The van der Waals surface area contributed by atoms with Crippen LogP contribution >= 0.6 is 0 Å². The van der Waals surface area contributed by atoms with Crippen LogP contribution in [0.3, 0.4) is 0 Å². The molecule has 1 atom stereocenters. The molecule has 6 heteroatoms. The number of carbonyl (C=O) groups is 2. The molecule has 1 N–H and O–H groups in total. The zero-order chi connectivity index (χ0) is 15.6. The summed E-state index contributed by atoms with van der Waals surface area (Å²) in [5, 5.41) is 9.31. The monoisotopic (exact) mass is 294 g/mol. The molecule has 1 heterocycles. The van der Waals surface area contributed by atoms with E-state index in [0.717, 1.165) is 0 Å². The first-order chi connectivity index (χ1) is 9.91. The van der Waals surface area contributed by atoms with Crippen LogP contribution in [0.15, 0.2) is 18.2 Å². The van der Waals surface area contributed by atoms with Crippen molar-refractivity contribution in [2.45, 2.75) is 20.0 Å². The van der Waals surface area contributed by atoms with Crippen LogP contribution in [-0.4, -0.2) is 54.0 Å². The van der Waals surface area contributed by atoms with Crippen LogP contribution in [0.5, 0.6) is 0 Å². The molecule has 1 saturated heterocycles. The van der Waals surface area contributed by atoms with Crippen molar-refractivity contribution in [3.8, 4) is 0 Å². The van der Waals surface area contributed by atoms with Crippen molar-refractivity contribution in [2.75, 3.05) is 31.1 Å². The number of benzene rings is 1. The van der Waals surface area contributed by atoms with Gasteiger partial charge in [0.25, 0.3) is 5.91 Å². The fourth-order valence-electron chi connectivity index (χ4n) is 2.56. The molecule has 2 rings (SSSR count). The molecule has 1 aromatic carbocycles. The Kier molecular flexibility index (Phi) is 4.57. The van der Waals surface area contributed by atoms with Gasteiger partial charge < -0.3 is 14.9 Å². The Morgan fingerprint density at radius 3 is 2.38 bits per heavy atom. The summed E-state index contributed by atoms with van der Waals surface area (Å²) in [5.41, 5.74) is 0.652. The Morgan fingerprint density at radius 2 is 1.86 bits per heavy atom. The maximum atomic E-state index is 13.8. The number of rotatable bonds is 3. The second-order valence-electron chi connectivity index (χ2n) is 5.18. The smallest absolute Gasteiger partial charge is 0.251 e. The first-order valence-corrected chi connectivity index (χ1v) is 6.93. The Hall–Kier alpha value is -1.95. The van der Waals surface area contributed by atoms with E-state index >= 15 is 0 Å². The lowest BCUT2D eigenvalue weighted by molar-refractivity contribution is -0.139. The highest BCUT2D eigenvalue weighted by atomic mass is 19.1. The van der Waals surface area contributed by atoms with Crippen LogP contribution < -0.4 is 4.90 Å². The van der Waals surface area contributed by atoms with E-state index in [-0.39, 0.29) is 17.3 Å². The standard InChI is InChI=1S/C15H19FN2O3/c1-10(19)14-12(16)4-3-5-13(14)17-6-8-18(9-7-17)15(21)11(2)20/h3-5,11,20H,6-9H2,1-2H3. The van der Waals surface area contributed by atoms with Gasteiger partial charge in [0.15, 0.2) is 5.78 Å². The van der Waals surface area contributed by atoms with Crippen LogP contribution in [0.1, 0.15) is 24.2 Å². The molecular weight excluding hydrogens is 275 g/mol. The third-order valence-electron chi connectivity index (χ3n) is 3.63. The first-order valence-electron chi connectivity index (χ1n) is 6.93. The minimum atomic E-state index is -1.02. The fourth-order valence-corrected chi connectivity index (χ4v) is 2.56. The summed E-state index contributed by atoms with van der Waals surface area (Å²) in [5.74, 6) is -1.14. The van der Waals surface area contributed by atoms with E-state index in [9.17, 15) is 19.1 Å². The minimum absolute atomic E-state index is 0.0906. The molecule has 0 aliphatic carbocycles. The predicted octanol–water partition coefficient (Wildman–Crippen LogP) is 1.06. The zero-order valence-corrected chi connectivity index (χ0v) is 12.2. The number of hydrogen-bond acceptors (Lipinski definition) is 4. The summed E-state index contributed by atoms with van der Waals surface area (Å²) in [6.45, 7) is 4.67. The second kappa shape index (κ2) is 6.22. The minimum Gasteiger partial charge on any atom is -0.384 e. The molecule has 1 fully saturated rings. The molecule has 0 saturated carbocycles. The highest BCUT2D eigenvalue weighted by molar-refractivity contribution is 6.00. The number of aliphatic hydroxyl groups is 1. The van der Waals surface area contributed by atoms with E-state index in [4.69, 9.17) is 0 Å². The fraction of sp³-hybridized carbons (Fsp3) is 0.467. The lowest BCUT2D eigenvalue weighted by atomic mass is 10.1. The second-order valence-corrected chi connectivity index (χ2v) is 5.18.